The summed E-state index contributed by atoms with van der Waals surface area (Å²) < 4.78 is 1.17. The van der Waals surface area contributed by atoms with Gasteiger partial charge in [-0.3, -0.25) is 19.6 Å². The molecule has 0 fully saturated rings. The van der Waals surface area contributed by atoms with Crippen molar-refractivity contribution in [3.63, 3.8) is 0 Å². The molecule has 0 atom stereocenters. The van der Waals surface area contributed by atoms with Crippen LogP contribution in [-0.4, -0.2) is 26.8 Å². The molecule has 114 valence electrons. The van der Waals surface area contributed by atoms with Crippen molar-refractivity contribution in [2.24, 2.45) is 12.1 Å². The summed E-state index contributed by atoms with van der Waals surface area (Å²) in [7, 11) is 1.47. The Kier molecular flexibility index (Phi) is 4.74. The van der Waals surface area contributed by atoms with Crippen LogP contribution in [0, 0.1) is 10.1 Å². The van der Waals surface area contributed by atoms with Crippen LogP contribution < -0.4 is 5.43 Å². The van der Waals surface area contributed by atoms with Crippen molar-refractivity contribution in [1.29, 1.82) is 0 Å². The molecule has 0 bridgehead atoms. The van der Waals surface area contributed by atoms with E-state index < -0.39 is 16.5 Å². The maximum absolute atomic E-state index is 11.9. The maximum Gasteiger partial charge on any atom is 0.320 e. The zero-order valence-corrected chi connectivity index (χ0v) is 12.7. The lowest BCUT2D eigenvalue weighted by Crippen LogP contribution is -2.19. The number of hydrogen-bond donors (Lipinski definition) is 1. The number of nitrogens with one attached hydrogen (secondary N) is 1. The van der Waals surface area contributed by atoms with Crippen LogP contribution in [0.25, 0.3) is 0 Å². The van der Waals surface area contributed by atoms with Gasteiger partial charge in [-0.05, 0) is 6.07 Å². The van der Waals surface area contributed by atoms with E-state index in [0.717, 1.165) is 6.20 Å². The van der Waals surface area contributed by atoms with Gasteiger partial charge in [-0.15, -0.1) is 0 Å². The molecule has 1 amide bonds. The summed E-state index contributed by atoms with van der Waals surface area (Å²) in [5.74, 6) is -0.804. The standard InChI is InChI=1S/C12H9Cl2N5O3/c1-18-6-9(19(21)22)11(17-18)12(20)16-15-5-7-3-2-4-8(13)10(7)14/h2-6H,1H3,(H,16,20)/b15-5-. The van der Waals surface area contributed by atoms with Crippen LogP contribution in [0.4, 0.5) is 5.69 Å². The Morgan fingerprint density at radius 2 is 2.23 bits per heavy atom. The van der Waals surface area contributed by atoms with Crippen molar-refractivity contribution < 1.29 is 9.72 Å². The zero-order chi connectivity index (χ0) is 16.3. The topological polar surface area (TPSA) is 102 Å². The van der Waals surface area contributed by atoms with Crippen molar-refractivity contribution in [2.75, 3.05) is 0 Å². The first-order valence-corrected chi connectivity index (χ1v) is 6.61. The Labute approximate surface area is 134 Å². The van der Waals surface area contributed by atoms with Crippen LogP contribution in [0.3, 0.4) is 0 Å². The van der Waals surface area contributed by atoms with E-state index in [0.29, 0.717) is 10.6 Å². The fourth-order valence-electron chi connectivity index (χ4n) is 1.60. The van der Waals surface area contributed by atoms with Crippen molar-refractivity contribution in [3.8, 4) is 0 Å². The third-order valence-electron chi connectivity index (χ3n) is 2.57. The van der Waals surface area contributed by atoms with Gasteiger partial charge in [0, 0.05) is 12.6 Å². The summed E-state index contributed by atoms with van der Waals surface area (Å²) >= 11 is 11.8. The number of carbonyl (C=O) groups is 1. The molecule has 2 aromatic rings. The second-order valence-electron chi connectivity index (χ2n) is 4.14. The number of carbonyl (C=O) groups excluding carboxylic acids is 1. The highest BCUT2D eigenvalue weighted by atomic mass is 35.5. The normalized spacial score (nSPS) is 10.9. The fraction of sp³-hybridized carbons (Fsp3) is 0.0833. The van der Waals surface area contributed by atoms with Crippen molar-refractivity contribution in [1.82, 2.24) is 15.2 Å². The quantitative estimate of drug-likeness (QED) is 0.523. The minimum Gasteiger partial charge on any atom is -0.268 e. The van der Waals surface area contributed by atoms with E-state index in [4.69, 9.17) is 23.2 Å². The van der Waals surface area contributed by atoms with E-state index in [2.05, 4.69) is 15.6 Å². The van der Waals surface area contributed by atoms with Crippen molar-refractivity contribution in [2.45, 2.75) is 0 Å². The first-order chi connectivity index (χ1) is 10.4. The molecule has 1 N–H and O–H groups in total. The Bertz CT molecular complexity index is 772. The molecule has 0 aliphatic heterocycles. The number of amides is 1. The molecule has 0 aliphatic carbocycles. The number of halogens is 2. The number of hydrogen-bond acceptors (Lipinski definition) is 5. The minimum atomic E-state index is -0.804. The number of aromatic nitrogens is 2. The number of aryl methyl sites for hydroxylation is 1. The van der Waals surface area contributed by atoms with Crippen LogP contribution >= 0.6 is 23.2 Å². The summed E-state index contributed by atoms with van der Waals surface area (Å²) in [4.78, 5) is 22.0. The lowest BCUT2D eigenvalue weighted by molar-refractivity contribution is -0.385. The molecule has 0 aliphatic rings. The summed E-state index contributed by atoms with van der Waals surface area (Å²) in [5.41, 5.74) is 1.90. The predicted molar refractivity (Wildman–Crippen MR) is 81.4 cm³/mol. The smallest absolute Gasteiger partial charge is 0.268 e. The van der Waals surface area contributed by atoms with E-state index in [1.165, 1.54) is 17.9 Å². The van der Waals surface area contributed by atoms with Crippen LogP contribution in [-0.2, 0) is 7.05 Å². The third kappa shape index (κ3) is 3.41. The van der Waals surface area contributed by atoms with Gasteiger partial charge in [0.15, 0.2) is 0 Å². The van der Waals surface area contributed by atoms with Gasteiger partial charge in [0.05, 0.1) is 21.2 Å². The molecule has 1 aromatic heterocycles. The average molecular weight is 342 g/mol. The maximum atomic E-state index is 11.9. The predicted octanol–water partition coefficient (Wildman–Crippen LogP) is 2.40. The van der Waals surface area contributed by atoms with E-state index >= 15 is 0 Å². The molecule has 10 heteroatoms. The van der Waals surface area contributed by atoms with Gasteiger partial charge in [-0.25, -0.2) is 5.43 Å². The highest BCUT2D eigenvalue weighted by Gasteiger charge is 2.24. The van der Waals surface area contributed by atoms with Crippen molar-refractivity contribution >= 4 is 41.0 Å². The number of nitrogens with zero attached hydrogens (tertiary/aromatic N) is 4. The molecule has 0 radical (unpaired) electrons. The Morgan fingerprint density at radius 1 is 1.50 bits per heavy atom. The Morgan fingerprint density at radius 3 is 2.91 bits per heavy atom. The largest absolute Gasteiger partial charge is 0.320 e. The van der Waals surface area contributed by atoms with Gasteiger partial charge in [0.2, 0.25) is 5.69 Å². The first kappa shape index (κ1) is 15.9. The molecule has 1 aromatic carbocycles. The van der Waals surface area contributed by atoms with Gasteiger partial charge < -0.3 is 0 Å². The highest BCUT2D eigenvalue weighted by Crippen LogP contribution is 2.24. The number of rotatable bonds is 4. The highest BCUT2D eigenvalue weighted by molar-refractivity contribution is 6.43. The fourth-order valence-corrected chi connectivity index (χ4v) is 1.96. The lowest BCUT2D eigenvalue weighted by atomic mass is 10.2. The summed E-state index contributed by atoms with van der Waals surface area (Å²) in [6, 6.07) is 4.92. The molecule has 22 heavy (non-hydrogen) atoms. The van der Waals surface area contributed by atoms with Gasteiger partial charge in [-0.2, -0.15) is 10.2 Å². The van der Waals surface area contributed by atoms with Gasteiger partial charge >= 0.3 is 5.69 Å². The summed E-state index contributed by atoms with van der Waals surface area (Å²) in [6.07, 6.45) is 2.41. The number of hydrazone groups is 1. The van der Waals surface area contributed by atoms with Crippen molar-refractivity contribution in [3.05, 3.63) is 55.8 Å². The van der Waals surface area contributed by atoms with E-state index in [1.54, 1.807) is 18.2 Å². The molecule has 8 nitrogen and oxygen atoms in total. The SMILES string of the molecule is Cn1cc([N+](=O)[O-])c(C(=O)N/N=C\c2cccc(Cl)c2Cl)n1. The monoisotopic (exact) mass is 341 g/mol. The van der Waals surface area contributed by atoms with Crippen LogP contribution in [0.5, 0.6) is 0 Å². The lowest BCUT2D eigenvalue weighted by Gasteiger charge is -2.00. The molecule has 0 spiro atoms. The van der Waals surface area contributed by atoms with E-state index in [-0.39, 0.29) is 10.7 Å². The van der Waals surface area contributed by atoms with E-state index in [1.807, 2.05) is 0 Å². The molecular weight excluding hydrogens is 333 g/mol. The molecule has 0 saturated carbocycles. The number of nitro groups is 1. The first-order valence-electron chi connectivity index (χ1n) is 5.85. The molecule has 0 unspecified atom stereocenters. The molecule has 2 rings (SSSR count). The third-order valence-corrected chi connectivity index (χ3v) is 3.41. The van der Waals surface area contributed by atoms with Crippen LogP contribution in [0.2, 0.25) is 10.0 Å². The second kappa shape index (κ2) is 6.54. The minimum absolute atomic E-state index is 0.283. The van der Waals surface area contributed by atoms with Gasteiger partial charge in [0.25, 0.3) is 5.91 Å². The summed E-state index contributed by atoms with van der Waals surface area (Å²) in [6.45, 7) is 0. The zero-order valence-electron chi connectivity index (χ0n) is 11.2. The number of benzene rings is 1. The van der Waals surface area contributed by atoms with E-state index in [9.17, 15) is 14.9 Å². The Balaban J connectivity index is 2.15. The Hall–Kier alpha value is -2.45. The second-order valence-corrected chi connectivity index (χ2v) is 4.92. The van der Waals surface area contributed by atoms with Crippen LogP contribution in [0.1, 0.15) is 16.1 Å². The molecular formula is C12H9Cl2N5O3. The van der Waals surface area contributed by atoms with Gasteiger partial charge in [-0.1, -0.05) is 35.3 Å². The average Bonchev–Trinajstić information content (AvgIpc) is 2.86. The summed E-state index contributed by atoms with van der Waals surface area (Å²) in [5, 5.41) is 18.9. The molecule has 1 heterocycles. The molecule has 0 saturated heterocycles. The van der Waals surface area contributed by atoms with Crippen LogP contribution in [0.15, 0.2) is 29.5 Å². The van der Waals surface area contributed by atoms with Gasteiger partial charge in [0.1, 0.15) is 6.20 Å².